The van der Waals surface area contributed by atoms with Crippen LogP contribution >= 0.6 is 0 Å². The van der Waals surface area contributed by atoms with Gasteiger partial charge in [0.25, 0.3) is 0 Å². The summed E-state index contributed by atoms with van der Waals surface area (Å²) in [5.41, 5.74) is 1.37. The fraction of sp³-hybridized carbons (Fsp3) is 0.391. The molecule has 0 aliphatic carbocycles. The number of ether oxygens (including phenoxy) is 2. The molecule has 2 aromatic rings. The van der Waals surface area contributed by atoms with E-state index in [1.54, 1.807) is 19.2 Å². The van der Waals surface area contributed by atoms with Gasteiger partial charge >= 0.3 is 12.1 Å². The summed E-state index contributed by atoms with van der Waals surface area (Å²) in [7, 11) is 1.68. The number of nitrogens with one attached hydrogen (secondary N) is 1. The van der Waals surface area contributed by atoms with Gasteiger partial charge in [0.1, 0.15) is 5.75 Å². The molecule has 1 amide bonds. The monoisotopic (exact) mass is 396 g/mol. The predicted octanol–water partition coefficient (Wildman–Crippen LogP) is 4.31. The third-order valence-corrected chi connectivity index (χ3v) is 4.93. The average molecular weight is 396 g/mol. The van der Waals surface area contributed by atoms with Crippen molar-refractivity contribution in [2.75, 3.05) is 18.5 Å². The lowest BCUT2D eigenvalue weighted by Gasteiger charge is -2.20. The van der Waals surface area contributed by atoms with Crippen LogP contribution < -0.4 is 15.0 Å². The molecule has 1 N–H and O–H groups in total. The van der Waals surface area contributed by atoms with E-state index in [0.29, 0.717) is 5.75 Å². The van der Waals surface area contributed by atoms with E-state index in [4.69, 9.17) is 9.47 Å². The zero-order valence-corrected chi connectivity index (χ0v) is 17.3. The first-order valence-corrected chi connectivity index (χ1v) is 9.79. The van der Waals surface area contributed by atoms with Crippen LogP contribution in [-0.2, 0) is 9.53 Å². The fourth-order valence-electron chi connectivity index (χ4n) is 3.08. The highest BCUT2D eigenvalue weighted by atomic mass is 16.6. The van der Waals surface area contributed by atoms with Crippen molar-refractivity contribution in [1.82, 2.24) is 5.32 Å². The maximum absolute atomic E-state index is 12.3. The van der Waals surface area contributed by atoms with Crippen LogP contribution in [0.3, 0.4) is 0 Å². The summed E-state index contributed by atoms with van der Waals surface area (Å²) < 4.78 is 10.9. The second kappa shape index (κ2) is 8.66. The van der Waals surface area contributed by atoms with E-state index in [-0.39, 0.29) is 18.1 Å². The number of hydrogen-bond acceptors (Lipinski definition) is 5. The molecule has 1 fully saturated rings. The molecule has 1 saturated heterocycles. The molecular formula is C23H28N2O4. The third-order valence-electron chi connectivity index (χ3n) is 4.93. The number of hydrogen-bond donors (Lipinski definition) is 1. The summed E-state index contributed by atoms with van der Waals surface area (Å²) in [5.74, 6) is 0.557. The van der Waals surface area contributed by atoms with E-state index in [9.17, 15) is 9.59 Å². The van der Waals surface area contributed by atoms with Crippen LogP contribution in [-0.4, -0.2) is 31.9 Å². The Kier molecular flexibility index (Phi) is 6.23. The molecular weight excluding hydrogens is 368 g/mol. The van der Waals surface area contributed by atoms with E-state index >= 15 is 0 Å². The summed E-state index contributed by atoms with van der Waals surface area (Å²) in [6.07, 6.45) is 0.0168. The van der Waals surface area contributed by atoms with E-state index < -0.39 is 11.5 Å². The van der Waals surface area contributed by atoms with Gasteiger partial charge in [0.2, 0.25) is 0 Å². The molecule has 6 nitrogen and oxygen atoms in total. The van der Waals surface area contributed by atoms with Crippen LogP contribution in [0.2, 0.25) is 0 Å². The molecule has 29 heavy (non-hydrogen) atoms. The number of esters is 1. The largest absolute Gasteiger partial charge is 0.446 e. The summed E-state index contributed by atoms with van der Waals surface area (Å²) >= 11 is 0. The number of amides is 1. The molecule has 0 spiro atoms. The SMILES string of the molecule is CN(C(=O)Oc1ccccc1)c1ccc(C2CNC(OC(=O)C(C)(C)C)C2)cc1. The quantitative estimate of drug-likeness (QED) is 0.780. The average Bonchev–Trinajstić information content (AvgIpc) is 3.16. The van der Waals surface area contributed by atoms with Gasteiger partial charge in [-0.3, -0.25) is 15.0 Å². The van der Waals surface area contributed by atoms with Gasteiger partial charge in [-0.2, -0.15) is 0 Å². The van der Waals surface area contributed by atoms with Gasteiger partial charge < -0.3 is 9.47 Å². The van der Waals surface area contributed by atoms with E-state index in [2.05, 4.69) is 5.32 Å². The van der Waals surface area contributed by atoms with E-state index in [1.165, 1.54) is 4.90 Å². The van der Waals surface area contributed by atoms with Crippen molar-refractivity contribution in [2.24, 2.45) is 5.41 Å². The molecule has 154 valence electrons. The molecule has 2 atom stereocenters. The van der Waals surface area contributed by atoms with Gasteiger partial charge in [-0.05, 0) is 50.6 Å². The summed E-state index contributed by atoms with van der Waals surface area (Å²) in [4.78, 5) is 25.9. The summed E-state index contributed by atoms with van der Waals surface area (Å²) in [6, 6.07) is 16.8. The Morgan fingerprint density at radius 3 is 2.31 bits per heavy atom. The maximum Gasteiger partial charge on any atom is 0.419 e. The summed E-state index contributed by atoms with van der Waals surface area (Å²) in [5, 5.41) is 3.26. The highest BCUT2D eigenvalue weighted by Crippen LogP contribution is 2.29. The molecule has 2 unspecified atom stereocenters. The zero-order valence-electron chi connectivity index (χ0n) is 17.3. The lowest BCUT2D eigenvalue weighted by molar-refractivity contribution is -0.159. The lowest BCUT2D eigenvalue weighted by atomic mass is 9.96. The first kappa shape index (κ1) is 20.9. The Labute approximate surface area is 171 Å². The molecule has 6 heteroatoms. The molecule has 1 aliphatic rings. The molecule has 1 heterocycles. The molecule has 0 radical (unpaired) electrons. The first-order chi connectivity index (χ1) is 13.7. The van der Waals surface area contributed by atoms with Crippen LogP contribution in [0.25, 0.3) is 0 Å². The smallest absolute Gasteiger partial charge is 0.419 e. The van der Waals surface area contributed by atoms with Crippen LogP contribution in [0.15, 0.2) is 54.6 Å². The van der Waals surface area contributed by atoms with Crippen molar-refractivity contribution in [3.8, 4) is 5.75 Å². The van der Waals surface area contributed by atoms with Crippen molar-refractivity contribution in [2.45, 2.75) is 39.3 Å². The molecule has 3 rings (SSSR count). The summed E-state index contributed by atoms with van der Waals surface area (Å²) in [6.45, 7) is 6.28. The van der Waals surface area contributed by atoms with Crippen molar-refractivity contribution in [3.05, 3.63) is 60.2 Å². The van der Waals surface area contributed by atoms with Gasteiger partial charge in [0, 0.05) is 31.6 Å². The first-order valence-electron chi connectivity index (χ1n) is 9.79. The Morgan fingerprint density at radius 1 is 1.03 bits per heavy atom. The highest BCUT2D eigenvalue weighted by Gasteiger charge is 2.32. The number of benzene rings is 2. The highest BCUT2D eigenvalue weighted by molar-refractivity contribution is 5.88. The number of rotatable bonds is 4. The van der Waals surface area contributed by atoms with Gasteiger partial charge in [-0.25, -0.2) is 4.79 Å². The Balaban J connectivity index is 1.57. The van der Waals surface area contributed by atoms with Crippen LogP contribution in [0.5, 0.6) is 5.75 Å². The van der Waals surface area contributed by atoms with Crippen LogP contribution in [0.4, 0.5) is 10.5 Å². The van der Waals surface area contributed by atoms with Gasteiger partial charge in [0.15, 0.2) is 6.23 Å². The van der Waals surface area contributed by atoms with E-state index in [0.717, 1.165) is 24.2 Å². The lowest BCUT2D eigenvalue weighted by Crippen LogP contribution is -2.33. The number of nitrogens with zero attached hydrogens (tertiary/aromatic N) is 1. The number of carbonyl (C=O) groups is 2. The van der Waals surface area contributed by atoms with Gasteiger partial charge in [-0.1, -0.05) is 30.3 Å². The standard InChI is InChI=1S/C23H28N2O4/c1-23(2,3)21(26)29-20-14-17(15-24-20)16-10-12-18(13-11-16)25(4)22(27)28-19-8-6-5-7-9-19/h5-13,17,20,24H,14-15H2,1-4H3. The zero-order chi connectivity index (χ0) is 21.0. The minimum atomic E-state index is -0.514. The van der Waals surface area contributed by atoms with E-state index in [1.807, 2.05) is 63.2 Å². The molecule has 1 aliphatic heterocycles. The maximum atomic E-state index is 12.3. The Morgan fingerprint density at radius 2 is 1.69 bits per heavy atom. The van der Waals surface area contributed by atoms with Gasteiger partial charge in [-0.15, -0.1) is 0 Å². The number of anilines is 1. The third kappa shape index (κ3) is 5.35. The number of carbonyl (C=O) groups excluding carboxylic acids is 2. The molecule has 0 saturated carbocycles. The second-order valence-corrected chi connectivity index (χ2v) is 8.32. The van der Waals surface area contributed by atoms with Crippen molar-refractivity contribution in [1.29, 1.82) is 0 Å². The van der Waals surface area contributed by atoms with Crippen LogP contribution in [0, 0.1) is 5.41 Å². The van der Waals surface area contributed by atoms with Crippen molar-refractivity contribution in [3.63, 3.8) is 0 Å². The topological polar surface area (TPSA) is 67.9 Å². The minimum absolute atomic E-state index is 0.204. The minimum Gasteiger partial charge on any atom is -0.446 e. The Hall–Kier alpha value is -2.86. The van der Waals surface area contributed by atoms with Gasteiger partial charge in [0.05, 0.1) is 5.41 Å². The van der Waals surface area contributed by atoms with Crippen LogP contribution in [0.1, 0.15) is 38.7 Å². The molecule has 0 aromatic heterocycles. The molecule has 0 bridgehead atoms. The molecule has 2 aromatic carbocycles. The predicted molar refractivity (Wildman–Crippen MR) is 112 cm³/mol. The Bertz CT molecular complexity index is 843. The van der Waals surface area contributed by atoms with Crippen molar-refractivity contribution < 1.29 is 19.1 Å². The number of para-hydroxylation sites is 1. The normalized spacial score (nSPS) is 18.9. The fourth-order valence-corrected chi connectivity index (χ4v) is 3.08. The van der Waals surface area contributed by atoms with Crippen molar-refractivity contribution >= 4 is 17.7 Å². The second-order valence-electron chi connectivity index (χ2n) is 8.32.